The maximum Gasteiger partial charge on any atom is 0.243 e. The number of nitrogens with zero attached hydrogens (tertiary/aromatic N) is 2. The van der Waals surface area contributed by atoms with Crippen molar-refractivity contribution in [1.82, 2.24) is 10.2 Å². The van der Waals surface area contributed by atoms with Crippen LogP contribution in [0.3, 0.4) is 0 Å². The van der Waals surface area contributed by atoms with Gasteiger partial charge in [-0.05, 0) is 43.2 Å². The van der Waals surface area contributed by atoms with Gasteiger partial charge >= 0.3 is 0 Å². The molecule has 0 fully saturated rings. The predicted octanol–water partition coefficient (Wildman–Crippen LogP) is 3.41. The molecule has 176 valence electrons. The van der Waals surface area contributed by atoms with Crippen molar-refractivity contribution in [1.29, 1.82) is 0 Å². The van der Waals surface area contributed by atoms with Crippen LogP contribution in [0, 0.1) is 0 Å². The van der Waals surface area contributed by atoms with Crippen molar-refractivity contribution in [2.45, 2.75) is 13.3 Å². The Balaban J connectivity index is 0.00000512. The summed E-state index contributed by atoms with van der Waals surface area (Å²) < 4.78 is 16.2. The molecule has 0 atom stereocenters. The van der Waals surface area contributed by atoms with E-state index in [2.05, 4.69) is 15.6 Å². The highest BCUT2D eigenvalue weighted by Gasteiger charge is 2.09. The third-order valence-corrected chi connectivity index (χ3v) is 4.46. The maximum absolute atomic E-state index is 12.0. The molecule has 2 N–H and O–H groups in total. The van der Waals surface area contributed by atoms with E-state index in [1.165, 1.54) is 10.5 Å². The number of methoxy groups -OCH3 is 2. The molecule has 0 unspecified atom stereocenters. The van der Waals surface area contributed by atoms with Crippen LogP contribution in [0.15, 0.2) is 47.5 Å². The Morgan fingerprint density at radius 3 is 2.34 bits per heavy atom. The number of likely N-dealkylation sites (N-methyl/N-ethyl adjacent to an activating group) is 1. The fourth-order valence-corrected chi connectivity index (χ4v) is 2.70. The summed E-state index contributed by atoms with van der Waals surface area (Å²) in [7, 11) is 6.66. The molecule has 0 saturated carbocycles. The second-order valence-corrected chi connectivity index (χ2v) is 6.90. The van der Waals surface area contributed by atoms with Crippen molar-refractivity contribution in [3.05, 3.63) is 48.0 Å². The van der Waals surface area contributed by atoms with Gasteiger partial charge in [0, 0.05) is 32.4 Å². The van der Waals surface area contributed by atoms with Gasteiger partial charge in [0.25, 0.3) is 0 Å². The number of anilines is 1. The molecule has 0 spiro atoms. The second-order valence-electron chi connectivity index (χ2n) is 6.90. The van der Waals surface area contributed by atoms with Gasteiger partial charge in [0.1, 0.15) is 12.3 Å². The van der Waals surface area contributed by atoms with Gasteiger partial charge in [0.2, 0.25) is 5.91 Å². The molecule has 0 radical (unpaired) electrons. The van der Waals surface area contributed by atoms with Crippen LogP contribution < -0.4 is 24.8 Å². The van der Waals surface area contributed by atoms with E-state index < -0.39 is 0 Å². The number of hydrogen-bond donors (Lipinski definition) is 2. The molecule has 0 aromatic heterocycles. The Labute approximate surface area is 207 Å². The smallest absolute Gasteiger partial charge is 0.243 e. The number of amides is 1. The average Bonchev–Trinajstić information content (AvgIpc) is 2.78. The van der Waals surface area contributed by atoms with E-state index in [1.54, 1.807) is 28.3 Å². The van der Waals surface area contributed by atoms with E-state index in [0.29, 0.717) is 30.6 Å². The van der Waals surface area contributed by atoms with Crippen molar-refractivity contribution < 1.29 is 19.0 Å². The molecule has 0 heterocycles. The third-order valence-electron chi connectivity index (χ3n) is 4.46. The van der Waals surface area contributed by atoms with Gasteiger partial charge in [-0.25, -0.2) is 4.99 Å². The Bertz CT molecular complexity index is 873. The Hall–Kier alpha value is -2.69. The number of aliphatic imine (C=N–C) groups is 1. The number of guanidine groups is 1. The first-order valence-electron chi connectivity index (χ1n) is 10.2. The van der Waals surface area contributed by atoms with E-state index in [9.17, 15) is 4.79 Å². The number of ether oxygens (including phenoxy) is 3. The number of halogens is 1. The van der Waals surface area contributed by atoms with Crippen LogP contribution in [-0.2, 0) is 11.2 Å². The van der Waals surface area contributed by atoms with Gasteiger partial charge < -0.3 is 29.7 Å². The number of carbonyl (C=O) groups excluding carboxylic acids is 1. The van der Waals surface area contributed by atoms with Crippen LogP contribution in [0.1, 0.15) is 12.5 Å². The van der Waals surface area contributed by atoms with E-state index in [0.717, 1.165) is 17.9 Å². The lowest BCUT2D eigenvalue weighted by Crippen LogP contribution is -2.34. The van der Waals surface area contributed by atoms with Gasteiger partial charge in [-0.15, -0.1) is 24.0 Å². The summed E-state index contributed by atoms with van der Waals surface area (Å²) in [6.45, 7) is 3.15. The highest BCUT2D eigenvalue weighted by molar-refractivity contribution is 14.0. The van der Waals surface area contributed by atoms with Crippen LogP contribution >= 0.6 is 24.0 Å². The summed E-state index contributed by atoms with van der Waals surface area (Å²) in [5.74, 6) is 2.54. The zero-order chi connectivity index (χ0) is 22.6. The number of hydrogen-bond acceptors (Lipinski definition) is 5. The molecular weight excluding hydrogens is 523 g/mol. The van der Waals surface area contributed by atoms with Crippen molar-refractivity contribution in [3.63, 3.8) is 0 Å². The Morgan fingerprint density at radius 1 is 1.03 bits per heavy atom. The Kier molecular flexibility index (Phi) is 12.3. The molecule has 0 aliphatic carbocycles. The normalized spacial score (nSPS) is 10.6. The minimum absolute atomic E-state index is 0. The quantitative estimate of drug-likeness (QED) is 0.265. The molecular formula is C23H33IN4O4. The first-order valence-corrected chi connectivity index (χ1v) is 10.2. The average molecular weight is 556 g/mol. The number of rotatable bonds is 10. The molecule has 2 rings (SSSR count). The summed E-state index contributed by atoms with van der Waals surface area (Å²) in [5, 5.41) is 6.52. The third kappa shape index (κ3) is 8.81. The zero-order valence-electron chi connectivity index (χ0n) is 19.3. The maximum atomic E-state index is 12.0. The van der Waals surface area contributed by atoms with Crippen LogP contribution in [0.5, 0.6) is 17.2 Å². The monoisotopic (exact) mass is 556 g/mol. The number of nitrogens with one attached hydrogen (secondary N) is 2. The van der Waals surface area contributed by atoms with Crippen molar-refractivity contribution >= 4 is 41.5 Å². The van der Waals surface area contributed by atoms with Gasteiger partial charge in [-0.1, -0.05) is 12.1 Å². The number of benzene rings is 2. The van der Waals surface area contributed by atoms with Gasteiger partial charge in [-0.3, -0.25) is 4.79 Å². The first kappa shape index (κ1) is 27.3. The minimum atomic E-state index is -0.0828. The van der Waals surface area contributed by atoms with E-state index >= 15 is 0 Å². The van der Waals surface area contributed by atoms with Crippen LogP contribution in [0.25, 0.3) is 0 Å². The number of carbonyl (C=O) groups is 1. The fraction of sp³-hybridized carbons (Fsp3) is 0.391. The molecule has 9 heteroatoms. The summed E-state index contributed by atoms with van der Waals surface area (Å²) in [4.78, 5) is 17.9. The summed E-state index contributed by atoms with van der Waals surface area (Å²) in [6.07, 6.45) is 0.791. The standard InChI is InChI=1S/C23H32N4O4.HI/c1-6-31-20-12-9-18(15-21(20)30-5)26-23(25-16-22(28)27(2)3)24-14-13-17-7-10-19(29-4)11-8-17;/h7-12,15H,6,13-14,16H2,1-5H3,(H2,24,25,26);1H. The summed E-state index contributed by atoms with van der Waals surface area (Å²) in [6, 6.07) is 13.5. The SMILES string of the molecule is CCOc1ccc(NC(=NCC(=O)N(C)C)NCCc2ccc(OC)cc2)cc1OC.I. The van der Waals surface area contributed by atoms with E-state index in [-0.39, 0.29) is 36.4 Å². The van der Waals surface area contributed by atoms with Crippen LogP contribution in [-0.4, -0.2) is 64.8 Å². The summed E-state index contributed by atoms with van der Waals surface area (Å²) in [5.41, 5.74) is 1.94. The molecule has 0 aliphatic rings. The molecule has 0 bridgehead atoms. The topological polar surface area (TPSA) is 84.4 Å². The van der Waals surface area contributed by atoms with E-state index in [4.69, 9.17) is 14.2 Å². The molecule has 2 aromatic carbocycles. The minimum Gasteiger partial charge on any atom is -0.497 e. The van der Waals surface area contributed by atoms with Crippen molar-refractivity contribution in [2.75, 3.05) is 53.3 Å². The predicted molar refractivity (Wildman–Crippen MR) is 139 cm³/mol. The van der Waals surface area contributed by atoms with Gasteiger partial charge in [0.15, 0.2) is 17.5 Å². The highest BCUT2D eigenvalue weighted by atomic mass is 127. The van der Waals surface area contributed by atoms with Crippen LogP contribution in [0.2, 0.25) is 0 Å². The molecule has 8 nitrogen and oxygen atoms in total. The summed E-state index contributed by atoms with van der Waals surface area (Å²) >= 11 is 0. The van der Waals surface area contributed by atoms with Crippen molar-refractivity contribution in [2.24, 2.45) is 4.99 Å². The molecule has 2 aromatic rings. The lowest BCUT2D eigenvalue weighted by atomic mass is 10.1. The van der Waals surface area contributed by atoms with E-state index in [1.807, 2.05) is 49.4 Å². The lowest BCUT2D eigenvalue weighted by molar-refractivity contribution is -0.127. The second kappa shape index (κ2) is 14.4. The molecule has 1 amide bonds. The molecule has 32 heavy (non-hydrogen) atoms. The fourth-order valence-electron chi connectivity index (χ4n) is 2.70. The molecule has 0 saturated heterocycles. The first-order chi connectivity index (χ1) is 15.0. The molecule has 0 aliphatic heterocycles. The highest BCUT2D eigenvalue weighted by Crippen LogP contribution is 2.30. The lowest BCUT2D eigenvalue weighted by Gasteiger charge is -2.16. The largest absolute Gasteiger partial charge is 0.497 e. The van der Waals surface area contributed by atoms with Crippen LogP contribution in [0.4, 0.5) is 5.69 Å². The van der Waals surface area contributed by atoms with Crippen molar-refractivity contribution in [3.8, 4) is 17.2 Å². The van der Waals surface area contributed by atoms with Gasteiger partial charge in [-0.2, -0.15) is 0 Å². The zero-order valence-corrected chi connectivity index (χ0v) is 21.6. The van der Waals surface area contributed by atoms with Gasteiger partial charge in [0.05, 0.1) is 20.8 Å². The Morgan fingerprint density at radius 2 is 1.75 bits per heavy atom.